The van der Waals surface area contributed by atoms with Gasteiger partial charge in [0.25, 0.3) is 0 Å². The Morgan fingerprint density at radius 2 is 1.92 bits per heavy atom. The maximum absolute atomic E-state index is 12.9. The van der Waals surface area contributed by atoms with Crippen molar-refractivity contribution in [2.45, 2.75) is 23.8 Å². The first-order valence-electron chi connectivity index (χ1n) is 7.54. The van der Waals surface area contributed by atoms with Gasteiger partial charge >= 0.3 is 6.03 Å². The molecular weight excluding hydrogens is 369 g/mol. The topological polar surface area (TPSA) is 104 Å². The van der Waals surface area contributed by atoms with Gasteiger partial charge in [0.1, 0.15) is 11.3 Å². The zero-order valence-corrected chi connectivity index (χ0v) is 14.7. The van der Waals surface area contributed by atoms with Crippen molar-refractivity contribution < 1.29 is 17.6 Å². The number of rotatable bonds is 4. The first kappa shape index (κ1) is 17.7. The second kappa shape index (κ2) is 7.42. The number of likely N-dealkylation sites (tertiary alicyclic amines) is 1. The SMILES string of the molecule is O=C(Nc1nncs1)N1CCC(NS(=O)(=O)c2ccc(F)cc2)CC1. The number of halogens is 1. The molecule has 11 heteroatoms. The molecule has 1 aliphatic heterocycles. The lowest BCUT2D eigenvalue weighted by molar-refractivity contribution is 0.193. The Kier molecular flexibility index (Phi) is 5.25. The van der Waals surface area contributed by atoms with Crippen molar-refractivity contribution >= 4 is 32.5 Å². The van der Waals surface area contributed by atoms with Crippen LogP contribution in [0.4, 0.5) is 14.3 Å². The van der Waals surface area contributed by atoms with Gasteiger partial charge in [0.2, 0.25) is 15.2 Å². The van der Waals surface area contributed by atoms with Gasteiger partial charge in [-0.2, -0.15) is 0 Å². The third kappa shape index (κ3) is 4.50. The standard InChI is InChI=1S/C14H16FN5O3S2/c15-10-1-3-12(4-2-10)25(22,23)19-11-5-7-20(8-6-11)14(21)17-13-18-16-9-24-13/h1-4,9,11,19H,5-8H2,(H,17,18,21). The van der Waals surface area contributed by atoms with Gasteiger partial charge in [-0.05, 0) is 37.1 Å². The Labute approximate surface area is 148 Å². The number of nitrogens with one attached hydrogen (secondary N) is 2. The second-order valence-electron chi connectivity index (χ2n) is 5.51. The fourth-order valence-electron chi connectivity index (χ4n) is 2.50. The van der Waals surface area contributed by atoms with E-state index in [1.165, 1.54) is 29.0 Å². The van der Waals surface area contributed by atoms with Crippen molar-refractivity contribution in [2.75, 3.05) is 18.4 Å². The summed E-state index contributed by atoms with van der Waals surface area (Å²) in [4.78, 5) is 13.7. The average Bonchev–Trinajstić information content (AvgIpc) is 3.08. The second-order valence-corrected chi connectivity index (χ2v) is 8.06. The number of sulfonamides is 1. The fourth-order valence-corrected chi connectivity index (χ4v) is 4.24. The number of benzene rings is 1. The molecular formula is C14H16FN5O3S2. The van der Waals surface area contributed by atoms with Crippen LogP contribution < -0.4 is 10.0 Å². The summed E-state index contributed by atoms with van der Waals surface area (Å²) in [6.07, 6.45) is 0.980. The third-order valence-electron chi connectivity index (χ3n) is 3.80. The van der Waals surface area contributed by atoms with E-state index in [-0.39, 0.29) is 17.0 Å². The molecule has 1 fully saturated rings. The minimum atomic E-state index is -3.71. The molecule has 1 aromatic heterocycles. The third-order valence-corrected chi connectivity index (χ3v) is 5.94. The molecule has 134 valence electrons. The van der Waals surface area contributed by atoms with Crippen LogP contribution >= 0.6 is 11.3 Å². The molecule has 2 N–H and O–H groups in total. The number of nitrogens with zero attached hydrogens (tertiary/aromatic N) is 3. The van der Waals surface area contributed by atoms with E-state index in [4.69, 9.17) is 0 Å². The van der Waals surface area contributed by atoms with E-state index in [9.17, 15) is 17.6 Å². The molecule has 1 aliphatic rings. The zero-order chi connectivity index (χ0) is 17.9. The molecule has 0 bridgehead atoms. The Balaban J connectivity index is 1.53. The van der Waals surface area contributed by atoms with Crippen LogP contribution in [0.2, 0.25) is 0 Å². The van der Waals surface area contributed by atoms with Crippen molar-refractivity contribution in [3.8, 4) is 0 Å². The number of urea groups is 1. The maximum atomic E-state index is 12.9. The molecule has 25 heavy (non-hydrogen) atoms. The van der Waals surface area contributed by atoms with Gasteiger partial charge in [-0.1, -0.05) is 11.3 Å². The van der Waals surface area contributed by atoms with E-state index in [0.29, 0.717) is 31.1 Å². The molecule has 0 unspecified atom stereocenters. The minimum absolute atomic E-state index is 0.0188. The number of hydrogen-bond acceptors (Lipinski definition) is 6. The van der Waals surface area contributed by atoms with Gasteiger partial charge in [-0.3, -0.25) is 5.32 Å². The molecule has 2 heterocycles. The van der Waals surface area contributed by atoms with E-state index in [0.717, 1.165) is 12.1 Å². The Hall–Kier alpha value is -2.11. The van der Waals surface area contributed by atoms with Crippen LogP contribution in [-0.4, -0.2) is 48.7 Å². The van der Waals surface area contributed by atoms with E-state index >= 15 is 0 Å². The zero-order valence-electron chi connectivity index (χ0n) is 13.1. The van der Waals surface area contributed by atoms with Crippen LogP contribution in [-0.2, 0) is 10.0 Å². The molecule has 0 radical (unpaired) electrons. The average molecular weight is 385 g/mol. The number of carbonyl (C=O) groups is 1. The Morgan fingerprint density at radius 3 is 2.52 bits per heavy atom. The van der Waals surface area contributed by atoms with Crippen molar-refractivity contribution in [1.29, 1.82) is 0 Å². The van der Waals surface area contributed by atoms with E-state index in [1.807, 2.05) is 0 Å². The summed E-state index contributed by atoms with van der Waals surface area (Å²) in [5.41, 5.74) is 1.52. The van der Waals surface area contributed by atoms with Gasteiger partial charge < -0.3 is 4.90 Å². The monoisotopic (exact) mass is 385 g/mol. The van der Waals surface area contributed by atoms with Crippen molar-refractivity contribution in [3.05, 3.63) is 35.6 Å². The first-order valence-corrected chi connectivity index (χ1v) is 9.90. The van der Waals surface area contributed by atoms with Crippen LogP contribution in [0.3, 0.4) is 0 Å². The molecule has 0 atom stereocenters. The summed E-state index contributed by atoms with van der Waals surface area (Å²) >= 11 is 1.22. The predicted octanol–water partition coefficient (Wildman–Crippen LogP) is 1.65. The molecule has 2 aromatic rings. The predicted molar refractivity (Wildman–Crippen MR) is 90.2 cm³/mol. The van der Waals surface area contributed by atoms with Crippen molar-refractivity contribution in [1.82, 2.24) is 19.8 Å². The highest BCUT2D eigenvalue weighted by molar-refractivity contribution is 7.89. The van der Waals surface area contributed by atoms with Gasteiger partial charge in [0.05, 0.1) is 4.90 Å². The van der Waals surface area contributed by atoms with Gasteiger partial charge in [0.15, 0.2) is 0 Å². The normalized spacial score (nSPS) is 16.0. The van der Waals surface area contributed by atoms with E-state index < -0.39 is 15.8 Å². The highest BCUT2D eigenvalue weighted by Gasteiger charge is 2.27. The summed E-state index contributed by atoms with van der Waals surface area (Å²) in [6.45, 7) is 0.836. The van der Waals surface area contributed by atoms with Crippen LogP contribution in [0.15, 0.2) is 34.7 Å². The number of anilines is 1. The number of hydrogen-bond donors (Lipinski definition) is 2. The Bertz CT molecular complexity index is 819. The lowest BCUT2D eigenvalue weighted by Crippen LogP contribution is -2.47. The number of carbonyl (C=O) groups excluding carboxylic acids is 1. The maximum Gasteiger partial charge on any atom is 0.323 e. The summed E-state index contributed by atoms with van der Waals surface area (Å²) < 4.78 is 40.1. The van der Waals surface area contributed by atoms with E-state index in [1.54, 1.807) is 4.90 Å². The van der Waals surface area contributed by atoms with Crippen LogP contribution in [0, 0.1) is 5.82 Å². The fraction of sp³-hybridized carbons (Fsp3) is 0.357. The molecule has 2 amide bonds. The molecule has 0 saturated carbocycles. The summed E-state index contributed by atoms with van der Waals surface area (Å²) in [5.74, 6) is -0.492. The van der Waals surface area contributed by atoms with E-state index in [2.05, 4.69) is 20.2 Å². The highest BCUT2D eigenvalue weighted by Crippen LogP contribution is 2.17. The lowest BCUT2D eigenvalue weighted by atomic mass is 10.1. The summed E-state index contributed by atoms with van der Waals surface area (Å²) in [6, 6.07) is 4.10. The smallest absolute Gasteiger partial charge is 0.323 e. The quantitative estimate of drug-likeness (QED) is 0.833. The van der Waals surface area contributed by atoms with Crippen molar-refractivity contribution in [3.63, 3.8) is 0 Å². The van der Waals surface area contributed by atoms with Gasteiger partial charge in [-0.25, -0.2) is 22.3 Å². The summed E-state index contributed by atoms with van der Waals surface area (Å²) in [7, 11) is -3.71. The molecule has 0 aliphatic carbocycles. The van der Waals surface area contributed by atoms with Gasteiger partial charge in [-0.15, -0.1) is 10.2 Å². The largest absolute Gasteiger partial charge is 0.324 e. The molecule has 1 saturated heterocycles. The molecule has 0 spiro atoms. The number of amides is 2. The molecule has 3 rings (SSSR count). The van der Waals surface area contributed by atoms with Crippen molar-refractivity contribution in [2.24, 2.45) is 0 Å². The highest BCUT2D eigenvalue weighted by atomic mass is 32.2. The molecule has 8 nitrogen and oxygen atoms in total. The Morgan fingerprint density at radius 1 is 1.24 bits per heavy atom. The summed E-state index contributed by atoms with van der Waals surface area (Å²) in [5, 5.41) is 10.5. The van der Waals surface area contributed by atoms with Crippen LogP contribution in [0.25, 0.3) is 0 Å². The minimum Gasteiger partial charge on any atom is -0.324 e. The molecule has 1 aromatic carbocycles. The van der Waals surface area contributed by atoms with Crippen LogP contribution in [0.5, 0.6) is 0 Å². The van der Waals surface area contributed by atoms with Crippen LogP contribution in [0.1, 0.15) is 12.8 Å². The first-order chi connectivity index (χ1) is 11.9. The number of piperidine rings is 1. The van der Waals surface area contributed by atoms with Gasteiger partial charge in [0, 0.05) is 19.1 Å². The lowest BCUT2D eigenvalue weighted by Gasteiger charge is -2.31. The number of aromatic nitrogens is 2.